The van der Waals surface area contributed by atoms with Crippen LogP contribution in [0.1, 0.15) is 18.1 Å². The average Bonchev–Trinajstić information content (AvgIpc) is 2.90. The lowest BCUT2D eigenvalue weighted by Gasteiger charge is -2.28. The van der Waals surface area contributed by atoms with Crippen molar-refractivity contribution >= 4 is 17.1 Å². The van der Waals surface area contributed by atoms with Crippen LogP contribution in [0.2, 0.25) is 0 Å². The Bertz CT molecular complexity index is 1130. The topological polar surface area (TPSA) is 24.9 Å². The fraction of sp³-hybridized carbons (Fsp3) is 0.200. The number of anilines is 3. The minimum Gasteiger partial charge on any atom is -0.497 e. The Morgan fingerprint density at radius 1 is 0.559 bits per heavy atom. The molecule has 0 heterocycles. The zero-order valence-corrected chi connectivity index (χ0v) is 20.1. The van der Waals surface area contributed by atoms with Crippen molar-refractivity contribution in [2.24, 2.45) is 0 Å². The number of hydrogen-bond acceptors (Lipinski definition) is 4. The van der Waals surface area contributed by atoms with E-state index in [0.717, 1.165) is 31.1 Å². The van der Waals surface area contributed by atoms with E-state index in [4.69, 9.17) is 9.47 Å². The summed E-state index contributed by atoms with van der Waals surface area (Å²) in [5, 5.41) is 0. The first-order valence-electron chi connectivity index (χ1n) is 11.6. The van der Waals surface area contributed by atoms with E-state index in [1.54, 1.807) is 14.2 Å². The van der Waals surface area contributed by atoms with Crippen LogP contribution in [0, 0.1) is 0 Å². The molecule has 4 aromatic rings. The third kappa shape index (κ3) is 5.70. The Kier molecular flexibility index (Phi) is 7.71. The van der Waals surface area contributed by atoms with Crippen LogP contribution in [0.25, 0.3) is 0 Å². The maximum atomic E-state index is 5.45. The molecule has 0 spiro atoms. The Balaban J connectivity index is 1.63. The van der Waals surface area contributed by atoms with Crippen LogP contribution in [-0.4, -0.2) is 20.8 Å². The molecule has 4 aromatic carbocycles. The molecular formula is C30H32N2O2. The molecule has 174 valence electrons. The molecule has 0 amide bonds. The largest absolute Gasteiger partial charge is 0.497 e. The number of methoxy groups -OCH3 is 2. The third-order valence-corrected chi connectivity index (χ3v) is 5.93. The third-order valence-electron chi connectivity index (χ3n) is 5.93. The first-order valence-corrected chi connectivity index (χ1v) is 11.6. The number of benzene rings is 4. The van der Waals surface area contributed by atoms with E-state index in [9.17, 15) is 0 Å². The van der Waals surface area contributed by atoms with Gasteiger partial charge in [-0.05, 0) is 78.7 Å². The molecule has 0 aliphatic carbocycles. The van der Waals surface area contributed by atoms with Gasteiger partial charge in [0.05, 0.1) is 14.2 Å². The summed E-state index contributed by atoms with van der Waals surface area (Å²) in [5.41, 5.74) is 5.94. The molecule has 0 saturated heterocycles. The Morgan fingerprint density at radius 3 is 1.56 bits per heavy atom. The Morgan fingerprint density at radius 2 is 1.06 bits per heavy atom. The lowest BCUT2D eigenvalue weighted by molar-refractivity contribution is 0.414. The van der Waals surface area contributed by atoms with Gasteiger partial charge < -0.3 is 19.3 Å². The summed E-state index contributed by atoms with van der Waals surface area (Å²) in [6, 6.07) is 35.9. The summed E-state index contributed by atoms with van der Waals surface area (Å²) in [6.45, 7) is 4.62. The molecule has 0 N–H and O–H groups in total. The number of rotatable bonds is 10. The fourth-order valence-electron chi connectivity index (χ4n) is 4.19. The molecule has 4 nitrogen and oxygen atoms in total. The molecule has 0 fully saturated rings. The Labute approximate surface area is 203 Å². The van der Waals surface area contributed by atoms with Crippen molar-refractivity contribution in [1.29, 1.82) is 0 Å². The van der Waals surface area contributed by atoms with Crippen molar-refractivity contribution in [2.45, 2.75) is 20.0 Å². The smallest absolute Gasteiger partial charge is 0.119 e. The van der Waals surface area contributed by atoms with E-state index in [0.29, 0.717) is 0 Å². The van der Waals surface area contributed by atoms with Gasteiger partial charge >= 0.3 is 0 Å². The number of ether oxygens (including phenoxy) is 2. The van der Waals surface area contributed by atoms with Gasteiger partial charge in [-0.25, -0.2) is 0 Å². The van der Waals surface area contributed by atoms with Crippen molar-refractivity contribution in [2.75, 3.05) is 30.6 Å². The second kappa shape index (κ2) is 11.3. The predicted molar refractivity (Wildman–Crippen MR) is 141 cm³/mol. The van der Waals surface area contributed by atoms with Crippen LogP contribution in [0.4, 0.5) is 17.1 Å². The van der Waals surface area contributed by atoms with Crippen LogP contribution >= 0.6 is 0 Å². The zero-order chi connectivity index (χ0) is 23.8. The minimum absolute atomic E-state index is 0.768. The SMILES string of the molecule is CCN(c1ccccc1)c1ccc(N(Cc2cccc(OC)c2)Cc2cccc(OC)c2)cc1. The van der Waals surface area contributed by atoms with Gasteiger partial charge in [0.25, 0.3) is 0 Å². The maximum absolute atomic E-state index is 5.45. The van der Waals surface area contributed by atoms with Crippen molar-refractivity contribution in [3.05, 3.63) is 114 Å². The minimum atomic E-state index is 0.768. The molecule has 0 aliphatic heterocycles. The van der Waals surface area contributed by atoms with Gasteiger partial charge in [-0.1, -0.05) is 42.5 Å². The molecule has 4 rings (SSSR count). The van der Waals surface area contributed by atoms with Crippen LogP contribution < -0.4 is 19.3 Å². The summed E-state index contributed by atoms with van der Waals surface area (Å²) in [5.74, 6) is 1.74. The molecule has 0 unspecified atom stereocenters. The van der Waals surface area contributed by atoms with Gasteiger partial charge in [-0.2, -0.15) is 0 Å². The van der Waals surface area contributed by atoms with Crippen LogP contribution in [0.5, 0.6) is 11.5 Å². The molecule has 0 aliphatic rings. The molecular weight excluding hydrogens is 420 g/mol. The van der Waals surface area contributed by atoms with Gasteiger partial charge in [0, 0.05) is 36.7 Å². The summed E-state index contributed by atoms with van der Waals surface area (Å²) in [4.78, 5) is 4.70. The first-order chi connectivity index (χ1) is 16.7. The van der Waals surface area contributed by atoms with Gasteiger partial charge in [0.1, 0.15) is 11.5 Å². The molecule has 0 saturated carbocycles. The summed E-state index contributed by atoms with van der Waals surface area (Å²) in [6.07, 6.45) is 0. The molecule has 0 bridgehead atoms. The van der Waals surface area contributed by atoms with Gasteiger partial charge in [0.2, 0.25) is 0 Å². The van der Waals surface area contributed by atoms with Crippen molar-refractivity contribution in [3.63, 3.8) is 0 Å². The lowest BCUT2D eigenvalue weighted by atomic mass is 10.1. The molecule has 0 atom stereocenters. The normalized spacial score (nSPS) is 10.6. The monoisotopic (exact) mass is 452 g/mol. The summed E-state index contributed by atoms with van der Waals surface area (Å²) in [7, 11) is 3.41. The second-order valence-corrected chi connectivity index (χ2v) is 8.16. The number of nitrogens with zero attached hydrogens (tertiary/aromatic N) is 2. The van der Waals surface area contributed by atoms with Crippen molar-refractivity contribution < 1.29 is 9.47 Å². The maximum Gasteiger partial charge on any atom is 0.119 e. The quantitative estimate of drug-likeness (QED) is 0.257. The average molecular weight is 453 g/mol. The van der Waals surface area contributed by atoms with E-state index >= 15 is 0 Å². The van der Waals surface area contributed by atoms with Crippen molar-refractivity contribution in [3.8, 4) is 11.5 Å². The van der Waals surface area contributed by atoms with Gasteiger partial charge in [0.15, 0.2) is 0 Å². The van der Waals surface area contributed by atoms with Crippen molar-refractivity contribution in [1.82, 2.24) is 0 Å². The summed E-state index contributed by atoms with van der Waals surface area (Å²) < 4.78 is 10.9. The van der Waals surface area contributed by atoms with Gasteiger partial charge in [-0.15, -0.1) is 0 Å². The molecule has 0 radical (unpaired) electrons. The van der Waals surface area contributed by atoms with E-state index in [1.165, 1.54) is 28.2 Å². The molecule has 34 heavy (non-hydrogen) atoms. The second-order valence-electron chi connectivity index (χ2n) is 8.16. The van der Waals surface area contributed by atoms with E-state index in [1.807, 2.05) is 24.3 Å². The molecule has 4 heteroatoms. The highest BCUT2D eigenvalue weighted by Crippen LogP contribution is 2.29. The first kappa shape index (κ1) is 23.2. The predicted octanol–water partition coefficient (Wildman–Crippen LogP) is 7.07. The van der Waals surface area contributed by atoms with Gasteiger partial charge in [-0.3, -0.25) is 0 Å². The number of para-hydroxylation sites is 1. The highest BCUT2D eigenvalue weighted by atomic mass is 16.5. The highest BCUT2D eigenvalue weighted by molar-refractivity contribution is 5.65. The van der Waals surface area contributed by atoms with E-state index in [-0.39, 0.29) is 0 Å². The van der Waals surface area contributed by atoms with E-state index < -0.39 is 0 Å². The van der Waals surface area contributed by atoms with Crippen LogP contribution in [0.3, 0.4) is 0 Å². The zero-order valence-electron chi connectivity index (χ0n) is 20.1. The molecule has 0 aromatic heterocycles. The van der Waals surface area contributed by atoms with Crippen LogP contribution in [-0.2, 0) is 13.1 Å². The lowest BCUT2D eigenvalue weighted by Crippen LogP contribution is -2.22. The van der Waals surface area contributed by atoms with E-state index in [2.05, 4.69) is 95.6 Å². The van der Waals surface area contributed by atoms with Crippen LogP contribution in [0.15, 0.2) is 103 Å². The highest BCUT2D eigenvalue weighted by Gasteiger charge is 2.12. The number of hydrogen-bond donors (Lipinski definition) is 0. The fourth-order valence-corrected chi connectivity index (χ4v) is 4.19. The standard InChI is InChI=1S/C30H32N2O2/c1-4-32(27-12-6-5-7-13-27)28-18-16-26(17-19-28)31(22-24-10-8-14-29(20-24)33-2)23-25-11-9-15-30(21-25)34-3/h5-21H,4,22-23H2,1-3H3. The Hall–Kier alpha value is -3.92. The summed E-state index contributed by atoms with van der Waals surface area (Å²) >= 11 is 0.